The molecular weight excluding hydrogens is 198 g/mol. The molecule has 0 bridgehead atoms. The Hall–Kier alpha value is -0.340. The van der Waals surface area contributed by atoms with Gasteiger partial charge in [0.15, 0.2) is 0 Å². The summed E-state index contributed by atoms with van der Waals surface area (Å²) in [6.45, 7) is 13.0. The highest BCUT2D eigenvalue weighted by atomic mass is 16.5. The van der Waals surface area contributed by atoms with Crippen molar-refractivity contribution in [1.82, 2.24) is 4.90 Å². The molecule has 2 rings (SSSR count). The fourth-order valence-corrected chi connectivity index (χ4v) is 2.65. The lowest BCUT2D eigenvalue weighted by atomic mass is 9.84. The van der Waals surface area contributed by atoms with Crippen LogP contribution in [0.2, 0.25) is 0 Å². The molecule has 1 atom stereocenters. The second-order valence-electron chi connectivity index (χ2n) is 4.87. The van der Waals surface area contributed by atoms with E-state index in [1.807, 2.05) is 13.8 Å². The van der Waals surface area contributed by atoms with Gasteiger partial charge in [0.05, 0.1) is 11.7 Å². The normalized spacial score (nSPS) is 29.2. The van der Waals surface area contributed by atoms with Gasteiger partial charge in [-0.2, -0.15) is 0 Å². The molecular formula is C14H27NO. The third-order valence-corrected chi connectivity index (χ3v) is 4.08. The van der Waals surface area contributed by atoms with Crippen LogP contribution in [0.3, 0.4) is 0 Å². The number of ether oxygens (including phenoxy) is 1. The Morgan fingerprint density at radius 3 is 2.06 bits per heavy atom. The van der Waals surface area contributed by atoms with Crippen LogP contribution in [-0.2, 0) is 4.74 Å². The maximum absolute atomic E-state index is 6.16. The van der Waals surface area contributed by atoms with E-state index in [-0.39, 0.29) is 5.60 Å². The van der Waals surface area contributed by atoms with Crippen molar-refractivity contribution in [3.63, 3.8) is 0 Å². The number of piperidine rings is 1. The summed E-state index contributed by atoms with van der Waals surface area (Å²) in [7, 11) is 2.19. The fourth-order valence-electron chi connectivity index (χ4n) is 2.65. The van der Waals surface area contributed by atoms with Gasteiger partial charge >= 0.3 is 0 Å². The van der Waals surface area contributed by atoms with Gasteiger partial charge in [0.2, 0.25) is 0 Å². The molecule has 0 saturated carbocycles. The molecule has 1 saturated heterocycles. The zero-order valence-electron chi connectivity index (χ0n) is 11.8. The van der Waals surface area contributed by atoms with Crippen LogP contribution in [0.25, 0.3) is 0 Å². The highest BCUT2D eigenvalue weighted by molar-refractivity contribution is 5.29. The highest BCUT2D eigenvalue weighted by Gasteiger charge is 2.43. The van der Waals surface area contributed by atoms with E-state index in [0.717, 1.165) is 25.9 Å². The molecule has 0 radical (unpaired) electrons. The molecule has 2 heteroatoms. The number of hydrogen-bond donors (Lipinski definition) is 0. The smallest absolute Gasteiger partial charge is 0.0924 e. The molecule has 1 unspecified atom stereocenters. The Labute approximate surface area is 101 Å². The Bertz CT molecular complexity index is 262. The maximum atomic E-state index is 6.16. The van der Waals surface area contributed by atoms with E-state index >= 15 is 0 Å². The van der Waals surface area contributed by atoms with Crippen LogP contribution >= 0.6 is 0 Å². The number of likely N-dealkylation sites (tertiary alicyclic amines) is 1. The molecule has 2 aliphatic rings. The van der Waals surface area contributed by atoms with Crippen molar-refractivity contribution in [3.05, 3.63) is 11.1 Å². The van der Waals surface area contributed by atoms with E-state index in [2.05, 4.69) is 32.7 Å². The standard InChI is InChI=1S/C12H21NO.C2H6/c1-9-10(2)12(14-11(9)3)5-7-13(4)8-6-12;1-2/h11H,5-8H2,1-4H3;1-2H3. The fraction of sp³-hybridized carbons (Fsp3) is 0.857. The van der Waals surface area contributed by atoms with Crippen LogP contribution in [0.1, 0.15) is 47.5 Å². The molecule has 2 nitrogen and oxygen atoms in total. The molecule has 0 aliphatic carbocycles. The van der Waals surface area contributed by atoms with Gasteiger partial charge in [0.25, 0.3) is 0 Å². The molecule has 2 heterocycles. The number of hydrogen-bond acceptors (Lipinski definition) is 2. The van der Waals surface area contributed by atoms with Crippen molar-refractivity contribution in [3.8, 4) is 0 Å². The van der Waals surface area contributed by atoms with Crippen LogP contribution in [0.5, 0.6) is 0 Å². The van der Waals surface area contributed by atoms with E-state index in [1.165, 1.54) is 11.1 Å². The van der Waals surface area contributed by atoms with E-state index in [9.17, 15) is 0 Å². The van der Waals surface area contributed by atoms with Crippen LogP contribution in [0.15, 0.2) is 11.1 Å². The van der Waals surface area contributed by atoms with Crippen molar-refractivity contribution in [2.24, 2.45) is 0 Å². The zero-order valence-corrected chi connectivity index (χ0v) is 11.8. The van der Waals surface area contributed by atoms with Crippen molar-refractivity contribution in [2.45, 2.75) is 59.2 Å². The first-order valence-corrected chi connectivity index (χ1v) is 6.59. The van der Waals surface area contributed by atoms with Crippen LogP contribution < -0.4 is 0 Å². The quantitative estimate of drug-likeness (QED) is 0.587. The lowest BCUT2D eigenvalue weighted by Crippen LogP contribution is -2.44. The van der Waals surface area contributed by atoms with Gasteiger partial charge in [-0.25, -0.2) is 0 Å². The molecule has 1 spiro atoms. The van der Waals surface area contributed by atoms with Crippen molar-refractivity contribution in [2.75, 3.05) is 20.1 Å². The van der Waals surface area contributed by atoms with Crippen LogP contribution in [0.4, 0.5) is 0 Å². The average Bonchev–Trinajstić information content (AvgIpc) is 2.51. The summed E-state index contributed by atoms with van der Waals surface area (Å²) in [6.07, 6.45) is 2.66. The van der Waals surface area contributed by atoms with E-state index < -0.39 is 0 Å². The Morgan fingerprint density at radius 1 is 1.19 bits per heavy atom. The minimum absolute atomic E-state index is 0.0933. The molecule has 0 aromatic rings. The second-order valence-corrected chi connectivity index (χ2v) is 4.87. The Morgan fingerprint density at radius 2 is 1.69 bits per heavy atom. The molecule has 0 amide bonds. The lowest BCUT2D eigenvalue weighted by molar-refractivity contribution is -0.0584. The minimum Gasteiger partial charge on any atom is -0.363 e. The van der Waals surface area contributed by atoms with Gasteiger partial charge in [-0.15, -0.1) is 0 Å². The second kappa shape index (κ2) is 5.33. The topological polar surface area (TPSA) is 12.5 Å². The monoisotopic (exact) mass is 225 g/mol. The molecule has 2 aliphatic heterocycles. The highest BCUT2D eigenvalue weighted by Crippen LogP contribution is 2.42. The van der Waals surface area contributed by atoms with Crippen LogP contribution in [0, 0.1) is 0 Å². The first kappa shape index (κ1) is 13.7. The first-order chi connectivity index (χ1) is 7.55. The predicted molar refractivity (Wildman–Crippen MR) is 69.7 cm³/mol. The van der Waals surface area contributed by atoms with Crippen molar-refractivity contribution < 1.29 is 4.74 Å². The summed E-state index contributed by atoms with van der Waals surface area (Å²) in [5.41, 5.74) is 3.04. The van der Waals surface area contributed by atoms with Gasteiger partial charge in [-0.3, -0.25) is 0 Å². The Kier molecular flexibility index (Phi) is 4.57. The third-order valence-electron chi connectivity index (χ3n) is 4.08. The van der Waals surface area contributed by atoms with Gasteiger partial charge in [-0.1, -0.05) is 13.8 Å². The van der Waals surface area contributed by atoms with E-state index in [1.54, 1.807) is 0 Å². The Balaban J connectivity index is 0.000000606. The van der Waals surface area contributed by atoms with Gasteiger partial charge < -0.3 is 9.64 Å². The number of rotatable bonds is 0. The van der Waals surface area contributed by atoms with Gasteiger partial charge in [0, 0.05) is 13.1 Å². The predicted octanol–water partition coefficient (Wildman–Crippen LogP) is 3.23. The molecule has 0 aromatic heterocycles. The summed E-state index contributed by atoms with van der Waals surface area (Å²) in [4.78, 5) is 2.39. The van der Waals surface area contributed by atoms with E-state index in [4.69, 9.17) is 4.74 Å². The summed E-state index contributed by atoms with van der Waals surface area (Å²) < 4.78 is 6.16. The molecule has 0 aromatic carbocycles. The molecule has 16 heavy (non-hydrogen) atoms. The zero-order chi connectivity index (χ0) is 12.3. The third kappa shape index (κ3) is 2.33. The minimum atomic E-state index is 0.0933. The number of nitrogens with zero attached hydrogens (tertiary/aromatic N) is 1. The molecule has 94 valence electrons. The van der Waals surface area contributed by atoms with E-state index in [0.29, 0.717) is 6.10 Å². The van der Waals surface area contributed by atoms with Crippen molar-refractivity contribution in [1.29, 1.82) is 0 Å². The summed E-state index contributed by atoms with van der Waals surface area (Å²) in [5, 5.41) is 0. The summed E-state index contributed by atoms with van der Waals surface area (Å²) in [6, 6.07) is 0. The van der Waals surface area contributed by atoms with Gasteiger partial charge in [0.1, 0.15) is 0 Å². The average molecular weight is 225 g/mol. The lowest BCUT2D eigenvalue weighted by Gasteiger charge is -2.39. The van der Waals surface area contributed by atoms with Crippen molar-refractivity contribution >= 4 is 0 Å². The van der Waals surface area contributed by atoms with Gasteiger partial charge in [-0.05, 0) is 51.8 Å². The maximum Gasteiger partial charge on any atom is 0.0924 e. The largest absolute Gasteiger partial charge is 0.363 e. The SMILES string of the molecule is CC.CC1=C(C)C2(CCN(C)CC2)OC1C. The summed E-state index contributed by atoms with van der Waals surface area (Å²) in [5.74, 6) is 0. The van der Waals surface area contributed by atoms with Crippen LogP contribution in [-0.4, -0.2) is 36.7 Å². The first-order valence-electron chi connectivity index (χ1n) is 6.59. The molecule has 0 N–H and O–H groups in total. The summed E-state index contributed by atoms with van der Waals surface area (Å²) >= 11 is 0. The molecule has 1 fully saturated rings.